The second kappa shape index (κ2) is 9.29. The molecule has 0 radical (unpaired) electrons. The Morgan fingerprint density at radius 1 is 1.26 bits per heavy atom. The van der Waals surface area contributed by atoms with Gasteiger partial charge < -0.3 is 10.1 Å². The molecule has 0 saturated carbocycles. The van der Waals surface area contributed by atoms with Crippen molar-refractivity contribution in [2.45, 2.75) is 31.1 Å². The summed E-state index contributed by atoms with van der Waals surface area (Å²) in [6, 6.07) is 9.99. The van der Waals surface area contributed by atoms with Crippen LogP contribution in [0.4, 0.5) is 0 Å². The molecular weight excluding hydrogens is 364 g/mol. The van der Waals surface area contributed by atoms with Crippen molar-refractivity contribution in [3.63, 3.8) is 0 Å². The zero-order valence-electron chi connectivity index (χ0n) is 15.8. The fourth-order valence-corrected chi connectivity index (χ4v) is 3.64. The molecule has 0 spiro atoms. The van der Waals surface area contributed by atoms with Crippen LogP contribution in [0.25, 0.3) is 0 Å². The molecule has 9 heteroatoms. The van der Waals surface area contributed by atoms with Gasteiger partial charge in [0.15, 0.2) is 0 Å². The predicted octanol–water partition coefficient (Wildman–Crippen LogP) is 1.04. The molecule has 1 aliphatic heterocycles. The van der Waals surface area contributed by atoms with Crippen molar-refractivity contribution < 1.29 is 9.53 Å². The first-order valence-electron chi connectivity index (χ1n) is 9.07. The summed E-state index contributed by atoms with van der Waals surface area (Å²) in [5.74, 6) is 0.268. The third-order valence-electron chi connectivity index (χ3n) is 4.59. The molecule has 0 bridgehead atoms. The van der Waals surface area contributed by atoms with Gasteiger partial charge in [0.1, 0.15) is 0 Å². The lowest BCUT2D eigenvalue weighted by atomic mass is 10.0. The first-order chi connectivity index (χ1) is 13.0. The van der Waals surface area contributed by atoms with Gasteiger partial charge in [-0.15, -0.1) is 5.10 Å². The monoisotopic (exact) mass is 390 g/mol. The van der Waals surface area contributed by atoms with Gasteiger partial charge in [0.05, 0.1) is 25.5 Å². The number of hydrogen-bond donors (Lipinski definition) is 1. The number of carbonyl (C=O) groups is 1. The highest BCUT2D eigenvalue weighted by Gasteiger charge is 2.28. The normalized spacial score (nSPS) is 15.6. The summed E-state index contributed by atoms with van der Waals surface area (Å²) in [5.41, 5.74) is 1.02. The van der Waals surface area contributed by atoms with Gasteiger partial charge in [-0.25, -0.2) is 4.68 Å². The lowest BCUT2D eigenvalue weighted by Crippen LogP contribution is -2.55. The van der Waals surface area contributed by atoms with E-state index in [1.54, 1.807) is 4.68 Å². The van der Waals surface area contributed by atoms with Crippen LogP contribution in [0.1, 0.15) is 19.4 Å². The van der Waals surface area contributed by atoms with E-state index >= 15 is 0 Å². The van der Waals surface area contributed by atoms with E-state index in [4.69, 9.17) is 4.74 Å². The standard InChI is InChI=1S/C18H26N6O2S/c1-18(2,23-8-10-26-11-9-23)14-19-16(25)13-27-17-20-21-22-24(17)12-15-6-4-3-5-7-15/h3-7H,8-14H2,1-2H3,(H,19,25). The minimum Gasteiger partial charge on any atom is -0.379 e. The minimum absolute atomic E-state index is 0.0180. The Balaban J connectivity index is 1.46. The van der Waals surface area contributed by atoms with Gasteiger partial charge in [-0.05, 0) is 29.8 Å². The Morgan fingerprint density at radius 3 is 2.74 bits per heavy atom. The van der Waals surface area contributed by atoms with Crippen LogP contribution in [0.3, 0.4) is 0 Å². The average Bonchev–Trinajstić information content (AvgIpc) is 3.13. The average molecular weight is 391 g/mol. The van der Waals surface area contributed by atoms with E-state index in [1.165, 1.54) is 11.8 Å². The quantitative estimate of drug-likeness (QED) is 0.674. The molecule has 0 aliphatic carbocycles. The maximum atomic E-state index is 12.3. The van der Waals surface area contributed by atoms with E-state index in [-0.39, 0.29) is 17.2 Å². The van der Waals surface area contributed by atoms with Gasteiger partial charge in [0, 0.05) is 25.2 Å². The maximum absolute atomic E-state index is 12.3. The first-order valence-corrected chi connectivity index (χ1v) is 10.1. The number of thioether (sulfide) groups is 1. The SMILES string of the molecule is CC(C)(CNC(=O)CSc1nnnn1Cc1ccccc1)N1CCOCC1. The van der Waals surface area contributed by atoms with Gasteiger partial charge in [-0.3, -0.25) is 9.69 Å². The van der Waals surface area contributed by atoms with E-state index in [0.717, 1.165) is 31.9 Å². The molecule has 0 atom stereocenters. The molecule has 1 fully saturated rings. The summed E-state index contributed by atoms with van der Waals surface area (Å²) in [7, 11) is 0. The van der Waals surface area contributed by atoms with Gasteiger partial charge in [-0.1, -0.05) is 42.1 Å². The Hall–Kier alpha value is -1.97. The Bertz CT molecular complexity index is 730. The highest BCUT2D eigenvalue weighted by Crippen LogP contribution is 2.17. The van der Waals surface area contributed by atoms with Crippen molar-refractivity contribution in [3.8, 4) is 0 Å². The smallest absolute Gasteiger partial charge is 0.230 e. The number of morpholine rings is 1. The first kappa shape index (κ1) is 19.8. The second-order valence-electron chi connectivity index (χ2n) is 7.08. The summed E-state index contributed by atoms with van der Waals surface area (Å²) >= 11 is 1.35. The molecular formula is C18H26N6O2S. The number of amides is 1. The van der Waals surface area contributed by atoms with Crippen LogP contribution < -0.4 is 5.32 Å². The van der Waals surface area contributed by atoms with Crippen molar-refractivity contribution in [2.75, 3.05) is 38.6 Å². The molecule has 1 aromatic carbocycles. The highest BCUT2D eigenvalue weighted by atomic mass is 32.2. The van der Waals surface area contributed by atoms with Crippen LogP contribution in [0.2, 0.25) is 0 Å². The summed E-state index contributed by atoms with van der Waals surface area (Å²) in [6.07, 6.45) is 0. The summed E-state index contributed by atoms with van der Waals surface area (Å²) in [5, 5.41) is 15.5. The third kappa shape index (κ3) is 5.75. The molecule has 2 aromatic rings. The van der Waals surface area contributed by atoms with E-state index in [9.17, 15) is 4.79 Å². The third-order valence-corrected chi connectivity index (χ3v) is 5.55. The number of rotatable bonds is 8. The van der Waals surface area contributed by atoms with Crippen LogP contribution >= 0.6 is 11.8 Å². The lowest BCUT2D eigenvalue weighted by Gasteiger charge is -2.40. The van der Waals surface area contributed by atoms with Gasteiger partial charge in [0.25, 0.3) is 0 Å². The van der Waals surface area contributed by atoms with Crippen molar-refractivity contribution in [1.82, 2.24) is 30.4 Å². The van der Waals surface area contributed by atoms with E-state index in [0.29, 0.717) is 18.2 Å². The van der Waals surface area contributed by atoms with Crippen molar-refractivity contribution in [3.05, 3.63) is 35.9 Å². The highest BCUT2D eigenvalue weighted by molar-refractivity contribution is 7.99. The van der Waals surface area contributed by atoms with Crippen LogP contribution in [0.5, 0.6) is 0 Å². The number of aromatic nitrogens is 4. The summed E-state index contributed by atoms with van der Waals surface area (Å²) in [4.78, 5) is 14.6. The van der Waals surface area contributed by atoms with Crippen LogP contribution in [0, 0.1) is 0 Å². The molecule has 0 unspecified atom stereocenters. The van der Waals surface area contributed by atoms with Crippen molar-refractivity contribution >= 4 is 17.7 Å². The minimum atomic E-state index is -0.0982. The van der Waals surface area contributed by atoms with Gasteiger partial charge in [-0.2, -0.15) is 0 Å². The van der Waals surface area contributed by atoms with Crippen LogP contribution in [-0.2, 0) is 16.1 Å². The van der Waals surface area contributed by atoms with Gasteiger partial charge in [0.2, 0.25) is 11.1 Å². The maximum Gasteiger partial charge on any atom is 0.230 e. The number of nitrogens with one attached hydrogen (secondary N) is 1. The molecule has 2 heterocycles. The molecule has 1 amide bonds. The molecule has 27 heavy (non-hydrogen) atoms. The van der Waals surface area contributed by atoms with Crippen molar-refractivity contribution in [1.29, 1.82) is 0 Å². The lowest BCUT2D eigenvalue weighted by molar-refractivity contribution is -0.119. The largest absolute Gasteiger partial charge is 0.379 e. The molecule has 1 aromatic heterocycles. The Kier molecular flexibility index (Phi) is 6.81. The fourth-order valence-electron chi connectivity index (χ4n) is 2.93. The topological polar surface area (TPSA) is 85.2 Å². The number of benzene rings is 1. The van der Waals surface area contributed by atoms with E-state index < -0.39 is 0 Å². The molecule has 1 aliphatic rings. The summed E-state index contributed by atoms with van der Waals surface area (Å²) < 4.78 is 7.11. The zero-order chi connectivity index (χ0) is 19.1. The molecule has 8 nitrogen and oxygen atoms in total. The Morgan fingerprint density at radius 2 is 2.00 bits per heavy atom. The molecule has 1 saturated heterocycles. The number of carbonyl (C=O) groups excluding carboxylic acids is 1. The van der Waals surface area contributed by atoms with E-state index in [2.05, 4.69) is 39.6 Å². The summed E-state index contributed by atoms with van der Waals surface area (Å²) in [6.45, 7) is 8.76. The molecule has 1 N–H and O–H groups in total. The van der Waals surface area contributed by atoms with Crippen LogP contribution in [0.15, 0.2) is 35.5 Å². The number of tetrazole rings is 1. The number of hydrogen-bond acceptors (Lipinski definition) is 7. The second-order valence-corrected chi connectivity index (χ2v) is 8.02. The van der Waals surface area contributed by atoms with Gasteiger partial charge >= 0.3 is 0 Å². The van der Waals surface area contributed by atoms with Crippen LogP contribution in [-0.4, -0.2) is 75.2 Å². The van der Waals surface area contributed by atoms with Crippen molar-refractivity contribution in [2.24, 2.45) is 0 Å². The number of nitrogens with zero attached hydrogens (tertiary/aromatic N) is 5. The Labute approximate surface area is 163 Å². The molecule has 3 rings (SSSR count). The number of ether oxygens (including phenoxy) is 1. The fraction of sp³-hybridized carbons (Fsp3) is 0.556. The van der Waals surface area contributed by atoms with E-state index in [1.807, 2.05) is 30.3 Å². The predicted molar refractivity (Wildman–Crippen MR) is 104 cm³/mol. The zero-order valence-corrected chi connectivity index (χ0v) is 16.6. The molecule has 146 valence electrons.